The predicted molar refractivity (Wildman–Crippen MR) is 107 cm³/mol. The van der Waals surface area contributed by atoms with Crippen LogP contribution >= 0.6 is 34.9 Å². The third kappa shape index (κ3) is 4.89. The van der Waals surface area contributed by atoms with Crippen LogP contribution < -0.4 is 4.90 Å². The SMILES string of the molecule is CCSc1nnc(S[C@@H](C)C(=O)N2CCN(c3ccccc3)CC2)s1. The summed E-state index contributed by atoms with van der Waals surface area (Å²) in [7, 11) is 0. The van der Waals surface area contributed by atoms with Gasteiger partial charge in [-0.05, 0) is 24.8 Å². The molecule has 1 aromatic heterocycles. The minimum atomic E-state index is -0.129. The Kier molecular flexibility index (Phi) is 6.61. The third-order valence-corrected chi connectivity index (χ3v) is 7.10. The molecule has 1 atom stereocenters. The van der Waals surface area contributed by atoms with E-state index in [1.54, 1.807) is 23.1 Å². The number of aromatic nitrogens is 2. The lowest BCUT2D eigenvalue weighted by Crippen LogP contribution is -2.50. The molecule has 0 unspecified atom stereocenters. The van der Waals surface area contributed by atoms with Crippen LogP contribution in [-0.2, 0) is 4.79 Å². The average molecular weight is 395 g/mol. The van der Waals surface area contributed by atoms with Crippen molar-refractivity contribution < 1.29 is 4.79 Å². The van der Waals surface area contributed by atoms with Crippen molar-refractivity contribution in [1.82, 2.24) is 15.1 Å². The van der Waals surface area contributed by atoms with E-state index < -0.39 is 0 Å². The maximum absolute atomic E-state index is 12.7. The number of para-hydroxylation sites is 1. The number of nitrogens with zero attached hydrogens (tertiary/aromatic N) is 4. The van der Waals surface area contributed by atoms with Crippen LogP contribution in [0.15, 0.2) is 39.0 Å². The molecule has 0 bridgehead atoms. The van der Waals surface area contributed by atoms with Crippen LogP contribution in [0.2, 0.25) is 0 Å². The molecule has 134 valence electrons. The molecule has 8 heteroatoms. The molecular weight excluding hydrogens is 372 g/mol. The number of hydrogen-bond acceptors (Lipinski definition) is 7. The number of amides is 1. The smallest absolute Gasteiger partial charge is 0.235 e. The molecule has 3 rings (SSSR count). The van der Waals surface area contributed by atoms with Crippen molar-refractivity contribution in [3.05, 3.63) is 30.3 Å². The van der Waals surface area contributed by atoms with E-state index in [0.717, 1.165) is 40.6 Å². The molecule has 0 saturated carbocycles. The first-order valence-corrected chi connectivity index (χ1v) is 11.1. The molecule has 1 aliphatic rings. The second-order valence-electron chi connectivity index (χ2n) is 5.67. The molecule has 0 spiro atoms. The lowest BCUT2D eigenvalue weighted by Gasteiger charge is -2.37. The number of piperazine rings is 1. The molecule has 1 amide bonds. The van der Waals surface area contributed by atoms with Crippen LogP contribution in [0.5, 0.6) is 0 Å². The Morgan fingerprint density at radius 2 is 1.84 bits per heavy atom. The highest BCUT2D eigenvalue weighted by molar-refractivity contribution is 8.03. The zero-order valence-electron chi connectivity index (χ0n) is 14.4. The predicted octanol–water partition coefficient (Wildman–Crippen LogP) is 3.48. The van der Waals surface area contributed by atoms with Crippen LogP contribution in [0.3, 0.4) is 0 Å². The number of anilines is 1. The second-order valence-corrected chi connectivity index (χ2v) is 9.75. The lowest BCUT2D eigenvalue weighted by molar-refractivity contribution is -0.130. The maximum Gasteiger partial charge on any atom is 0.235 e. The summed E-state index contributed by atoms with van der Waals surface area (Å²) in [5.41, 5.74) is 1.23. The van der Waals surface area contributed by atoms with Gasteiger partial charge in [0.15, 0.2) is 8.68 Å². The molecule has 5 nitrogen and oxygen atoms in total. The molecule has 0 N–H and O–H groups in total. The van der Waals surface area contributed by atoms with Gasteiger partial charge in [-0.15, -0.1) is 10.2 Å². The van der Waals surface area contributed by atoms with Gasteiger partial charge >= 0.3 is 0 Å². The van der Waals surface area contributed by atoms with Crippen molar-refractivity contribution >= 4 is 46.5 Å². The highest BCUT2D eigenvalue weighted by Gasteiger charge is 2.26. The summed E-state index contributed by atoms with van der Waals surface area (Å²) in [4.78, 5) is 17.0. The summed E-state index contributed by atoms with van der Waals surface area (Å²) in [5, 5.41) is 8.21. The Morgan fingerprint density at radius 3 is 2.52 bits per heavy atom. The first-order valence-electron chi connectivity index (χ1n) is 8.39. The molecule has 1 fully saturated rings. The quantitative estimate of drug-likeness (QED) is 0.699. The Balaban J connectivity index is 1.51. The fourth-order valence-corrected chi connectivity index (χ4v) is 5.85. The standard InChI is InChI=1S/C17H22N4OS3/c1-3-23-16-18-19-17(25-16)24-13(2)15(22)21-11-9-20(10-12-21)14-7-5-4-6-8-14/h4-8,13H,3,9-12H2,1-2H3/t13-/m0/s1. The Labute approximate surface area is 161 Å². The van der Waals surface area contributed by atoms with Crippen molar-refractivity contribution in [2.75, 3.05) is 36.8 Å². The molecule has 2 aromatic rings. The van der Waals surface area contributed by atoms with Crippen molar-refractivity contribution in [3.63, 3.8) is 0 Å². The highest BCUT2D eigenvalue weighted by atomic mass is 32.2. The number of rotatable bonds is 6. The third-order valence-electron chi connectivity index (χ3n) is 3.99. The van der Waals surface area contributed by atoms with E-state index in [1.807, 2.05) is 17.9 Å². The van der Waals surface area contributed by atoms with Gasteiger partial charge in [0.1, 0.15) is 0 Å². The fourth-order valence-electron chi connectivity index (χ4n) is 2.71. The normalized spacial score (nSPS) is 16.1. The summed E-state index contributed by atoms with van der Waals surface area (Å²) >= 11 is 4.78. The van der Waals surface area contributed by atoms with Crippen LogP contribution in [0.25, 0.3) is 0 Å². The zero-order valence-corrected chi connectivity index (χ0v) is 16.9. The monoisotopic (exact) mass is 394 g/mol. The van der Waals surface area contributed by atoms with Gasteiger partial charge < -0.3 is 9.80 Å². The minimum absolute atomic E-state index is 0.129. The first kappa shape index (κ1) is 18.5. The van der Waals surface area contributed by atoms with Crippen molar-refractivity contribution in [2.45, 2.75) is 27.8 Å². The van der Waals surface area contributed by atoms with Crippen molar-refractivity contribution in [2.24, 2.45) is 0 Å². The molecule has 25 heavy (non-hydrogen) atoms. The van der Waals surface area contributed by atoms with Crippen molar-refractivity contribution in [3.8, 4) is 0 Å². The van der Waals surface area contributed by atoms with Crippen molar-refractivity contribution in [1.29, 1.82) is 0 Å². The lowest BCUT2D eigenvalue weighted by atomic mass is 10.2. The van der Waals surface area contributed by atoms with Crippen LogP contribution in [-0.4, -0.2) is 58.2 Å². The van der Waals surface area contributed by atoms with E-state index in [-0.39, 0.29) is 11.2 Å². The molecule has 1 aliphatic heterocycles. The van der Waals surface area contributed by atoms with E-state index in [2.05, 4.69) is 46.3 Å². The minimum Gasteiger partial charge on any atom is -0.368 e. The van der Waals surface area contributed by atoms with Gasteiger partial charge in [-0.1, -0.05) is 60.0 Å². The van der Waals surface area contributed by atoms with Gasteiger partial charge in [0, 0.05) is 31.9 Å². The maximum atomic E-state index is 12.7. The first-order chi connectivity index (χ1) is 12.2. The number of carbonyl (C=O) groups excluding carboxylic acids is 1. The van der Waals surface area contributed by atoms with Gasteiger partial charge in [-0.25, -0.2) is 0 Å². The molecule has 1 saturated heterocycles. The largest absolute Gasteiger partial charge is 0.368 e. The topological polar surface area (TPSA) is 49.3 Å². The summed E-state index contributed by atoms with van der Waals surface area (Å²) in [6, 6.07) is 10.4. The Bertz CT molecular complexity index is 686. The Hall–Kier alpha value is -1.25. The van der Waals surface area contributed by atoms with Gasteiger partial charge in [0.2, 0.25) is 5.91 Å². The van der Waals surface area contributed by atoms with Gasteiger partial charge in [-0.3, -0.25) is 4.79 Å². The van der Waals surface area contributed by atoms with Crippen LogP contribution in [0.4, 0.5) is 5.69 Å². The Morgan fingerprint density at radius 1 is 1.16 bits per heavy atom. The molecule has 2 heterocycles. The van der Waals surface area contributed by atoms with E-state index in [1.165, 1.54) is 17.4 Å². The molecule has 1 aromatic carbocycles. The van der Waals surface area contributed by atoms with Gasteiger partial charge in [0.05, 0.1) is 5.25 Å². The number of carbonyl (C=O) groups is 1. The summed E-state index contributed by atoms with van der Waals surface area (Å²) in [5.74, 6) is 1.18. The molecule has 0 aliphatic carbocycles. The number of benzene rings is 1. The van der Waals surface area contributed by atoms with Crippen LogP contribution in [0.1, 0.15) is 13.8 Å². The fraction of sp³-hybridized carbons (Fsp3) is 0.471. The highest BCUT2D eigenvalue weighted by Crippen LogP contribution is 2.31. The van der Waals surface area contributed by atoms with Crippen LogP contribution in [0, 0.1) is 0 Å². The van der Waals surface area contributed by atoms with E-state index >= 15 is 0 Å². The van der Waals surface area contributed by atoms with E-state index in [0.29, 0.717) is 0 Å². The average Bonchev–Trinajstić information content (AvgIpc) is 3.09. The van der Waals surface area contributed by atoms with Gasteiger partial charge in [-0.2, -0.15) is 0 Å². The van der Waals surface area contributed by atoms with E-state index in [9.17, 15) is 4.79 Å². The number of thioether (sulfide) groups is 2. The molecular formula is C17H22N4OS3. The summed E-state index contributed by atoms with van der Waals surface area (Å²) < 4.78 is 1.85. The van der Waals surface area contributed by atoms with E-state index in [4.69, 9.17) is 0 Å². The second kappa shape index (κ2) is 8.91. The zero-order chi connectivity index (χ0) is 17.6. The summed E-state index contributed by atoms with van der Waals surface area (Å²) in [6.07, 6.45) is 0. The van der Waals surface area contributed by atoms with Gasteiger partial charge in [0.25, 0.3) is 0 Å². The molecule has 0 radical (unpaired) electrons. The number of hydrogen-bond donors (Lipinski definition) is 0. The summed E-state index contributed by atoms with van der Waals surface area (Å²) in [6.45, 7) is 7.36.